The Labute approximate surface area is 276 Å². The van der Waals surface area contributed by atoms with Crippen LogP contribution in [0.4, 0.5) is 0 Å². The number of hydrogen-bond donors (Lipinski definition) is 1. The zero-order valence-corrected chi connectivity index (χ0v) is 30.5. The summed E-state index contributed by atoms with van der Waals surface area (Å²) < 4.78 is 0. The average Bonchev–Trinajstić information content (AvgIpc) is 3.03. The van der Waals surface area contributed by atoms with E-state index in [0.717, 1.165) is 43.6 Å². The normalized spacial score (nSPS) is 12.0. The molecule has 0 radical (unpaired) electrons. The average molecular weight is 622 g/mol. The summed E-state index contributed by atoms with van der Waals surface area (Å²) in [6, 6.07) is 0. The highest BCUT2D eigenvalue weighted by molar-refractivity contribution is 6.10. The zero-order valence-electron chi connectivity index (χ0n) is 30.5. The molecule has 4 heteroatoms. The van der Waals surface area contributed by atoms with Gasteiger partial charge in [-0.1, -0.05) is 201 Å². The third-order valence-electron chi connectivity index (χ3n) is 9.92. The van der Waals surface area contributed by atoms with Gasteiger partial charge in [-0.25, -0.2) is 0 Å². The lowest BCUT2D eigenvalue weighted by molar-refractivity contribution is -0.183. The Morgan fingerprint density at radius 3 is 0.818 bits per heavy atom. The summed E-state index contributed by atoms with van der Waals surface area (Å²) in [6.07, 6.45) is 39.5. The van der Waals surface area contributed by atoms with E-state index in [9.17, 15) is 14.8 Å². The molecule has 0 aliphatic heterocycles. The van der Waals surface area contributed by atoms with E-state index >= 15 is 0 Å². The lowest BCUT2D eigenvalue weighted by Crippen LogP contribution is -2.56. The maximum Gasteiger partial charge on any atom is 0.162 e. The Balaban J connectivity index is 3.91. The van der Waals surface area contributed by atoms with Crippen molar-refractivity contribution in [1.29, 1.82) is 0 Å². The van der Waals surface area contributed by atoms with Gasteiger partial charge < -0.3 is 5.21 Å². The van der Waals surface area contributed by atoms with Crippen LogP contribution < -0.4 is 0 Å². The number of rotatable bonds is 36. The maximum absolute atomic E-state index is 13.2. The van der Waals surface area contributed by atoms with Crippen molar-refractivity contribution in [2.75, 3.05) is 6.54 Å². The van der Waals surface area contributed by atoms with Gasteiger partial charge in [0.1, 0.15) is 0 Å². The molecule has 0 saturated carbocycles. The Morgan fingerprint density at radius 1 is 0.409 bits per heavy atom. The Hall–Kier alpha value is -0.740. The van der Waals surface area contributed by atoms with E-state index in [1.165, 1.54) is 154 Å². The first kappa shape index (κ1) is 43.3. The highest BCUT2D eigenvalue weighted by Gasteiger charge is 2.44. The van der Waals surface area contributed by atoms with Crippen molar-refractivity contribution in [2.24, 2.45) is 0 Å². The third-order valence-corrected chi connectivity index (χ3v) is 9.92. The lowest BCUT2D eigenvalue weighted by atomic mass is 9.85. The monoisotopic (exact) mass is 622 g/mol. The first-order valence-electron chi connectivity index (χ1n) is 20.0. The van der Waals surface area contributed by atoms with Crippen molar-refractivity contribution in [3.63, 3.8) is 0 Å². The molecule has 0 aromatic carbocycles. The van der Waals surface area contributed by atoms with E-state index in [4.69, 9.17) is 0 Å². The molecule has 0 aliphatic carbocycles. The second-order valence-corrected chi connectivity index (χ2v) is 14.0. The van der Waals surface area contributed by atoms with E-state index in [1.807, 2.05) is 0 Å². The summed E-state index contributed by atoms with van der Waals surface area (Å²) in [5.74, 6) is -0.218. The van der Waals surface area contributed by atoms with Gasteiger partial charge in [-0.15, -0.1) is 0 Å². The Bertz CT molecular complexity index is 588. The molecule has 0 amide bonds. The molecule has 0 saturated heterocycles. The first-order valence-corrected chi connectivity index (χ1v) is 20.0. The zero-order chi connectivity index (χ0) is 32.6. The standard InChI is InChI=1S/C40H79NO3/c1-5-8-10-12-14-16-18-20-22-24-26-28-30-32-34-36-38(42)40(4,41(44)7-3)39(43)37-35-33-31-29-27-25-23-21-19-17-15-13-11-9-6-2/h44H,5-37H2,1-4H3. The Kier molecular flexibility index (Phi) is 31.7. The molecule has 4 nitrogen and oxygen atoms in total. The van der Waals surface area contributed by atoms with Crippen LogP contribution in [0.15, 0.2) is 0 Å². The largest absolute Gasteiger partial charge is 0.313 e. The van der Waals surface area contributed by atoms with Gasteiger partial charge >= 0.3 is 0 Å². The summed E-state index contributed by atoms with van der Waals surface area (Å²) in [4.78, 5) is 26.4. The molecule has 0 bridgehead atoms. The summed E-state index contributed by atoms with van der Waals surface area (Å²) in [7, 11) is 0. The van der Waals surface area contributed by atoms with Crippen molar-refractivity contribution in [1.82, 2.24) is 5.06 Å². The first-order chi connectivity index (χ1) is 21.4. The van der Waals surface area contributed by atoms with Crippen molar-refractivity contribution >= 4 is 11.6 Å². The number of unbranched alkanes of at least 4 members (excludes halogenated alkanes) is 28. The predicted molar refractivity (Wildman–Crippen MR) is 192 cm³/mol. The second-order valence-electron chi connectivity index (χ2n) is 14.0. The van der Waals surface area contributed by atoms with E-state index in [2.05, 4.69) is 13.8 Å². The van der Waals surface area contributed by atoms with Crippen molar-refractivity contribution in [3.05, 3.63) is 0 Å². The molecular weight excluding hydrogens is 542 g/mol. The fourth-order valence-corrected chi connectivity index (χ4v) is 6.56. The number of carbonyl (C=O) groups excluding carboxylic acids is 2. The van der Waals surface area contributed by atoms with Crippen LogP contribution in [0.3, 0.4) is 0 Å². The fraction of sp³-hybridized carbons (Fsp3) is 0.950. The summed E-state index contributed by atoms with van der Waals surface area (Å²) >= 11 is 0. The van der Waals surface area contributed by atoms with Gasteiger partial charge in [0, 0.05) is 19.4 Å². The van der Waals surface area contributed by atoms with Gasteiger partial charge in [-0.3, -0.25) is 9.59 Å². The molecular formula is C40H79NO3. The van der Waals surface area contributed by atoms with Crippen LogP contribution >= 0.6 is 0 Å². The van der Waals surface area contributed by atoms with Crippen molar-refractivity contribution in [3.8, 4) is 0 Å². The highest BCUT2D eigenvalue weighted by atomic mass is 16.5. The maximum atomic E-state index is 13.2. The van der Waals surface area contributed by atoms with Gasteiger partial charge in [0.05, 0.1) is 0 Å². The molecule has 0 heterocycles. The van der Waals surface area contributed by atoms with E-state index in [0.29, 0.717) is 12.8 Å². The number of carbonyl (C=O) groups is 2. The van der Waals surface area contributed by atoms with Crippen LogP contribution in [0.5, 0.6) is 0 Å². The van der Waals surface area contributed by atoms with Gasteiger partial charge in [0.15, 0.2) is 17.1 Å². The van der Waals surface area contributed by atoms with E-state index < -0.39 is 5.54 Å². The topological polar surface area (TPSA) is 57.6 Å². The Morgan fingerprint density at radius 2 is 0.614 bits per heavy atom. The molecule has 0 rings (SSSR count). The van der Waals surface area contributed by atoms with Crippen LogP contribution in [-0.2, 0) is 9.59 Å². The summed E-state index contributed by atoms with van der Waals surface area (Å²) in [6.45, 7) is 8.29. The van der Waals surface area contributed by atoms with Gasteiger partial charge in [-0.2, -0.15) is 5.06 Å². The van der Waals surface area contributed by atoms with Crippen LogP contribution in [0.25, 0.3) is 0 Å². The number of ketones is 2. The highest BCUT2D eigenvalue weighted by Crippen LogP contribution is 2.23. The number of hydroxylamine groups is 2. The van der Waals surface area contributed by atoms with Gasteiger partial charge in [0.25, 0.3) is 0 Å². The smallest absolute Gasteiger partial charge is 0.162 e. The molecule has 0 fully saturated rings. The molecule has 262 valence electrons. The van der Waals surface area contributed by atoms with Gasteiger partial charge in [0.2, 0.25) is 0 Å². The minimum atomic E-state index is -1.39. The quantitative estimate of drug-likeness (QED) is 0.0429. The van der Waals surface area contributed by atoms with Gasteiger partial charge in [-0.05, 0) is 19.8 Å². The molecule has 0 aromatic heterocycles. The summed E-state index contributed by atoms with van der Waals surface area (Å²) in [5, 5.41) is 11.6. The third kappa shape index (κ3) is 23.6. The molecule has 0 aromatic rings. The van der Waals surface area contributed by atoms with Crippen LogP contribution in [0.2, 0.25) is 0 Å². The lowest BCUT2D eigenvalue weighted by Gasteiger charge is -2.33. The number of hydrogen-bond acceptors (Lipinski definition) is 4. The van der Waals surface area contributed by atoms with Crippen molar-refractivity contribution in [2.45, 2.75) is 239 Å². The number of nitrogens with zero attached hydrogens (tertiary/aromatic N) is 1. The van der Waals surface area contributed by atoms with Crippen molar-refractivity contribution < 1.29 is 14.8 Å². The fourth-order valence-electron chi connectivity index (χ4n) is 6.56. The van der Waals surface area contributed by atoms with Crippen LogP contribution in [0, 0.1) is 0 Å². The number of Topliss-reactive ketones (excluding diaryl/α,β-unsaturated/α-hetero) is 2. The SMILES string of the molecule is CCCCCCCCCCCCCCCCCC(=O)C(C)(C(=O)CCCCCCCCCCCCCCCCC)N(O)CC. The molecule has 0 spiro atoms. The number of likely N-dealkylation sites (N-methyl/N-ethyl adjacent to an activating group) is 1. The van der Waals surface area contributed by atoms with Crippen LogP contribution in [-0.4, -0.2) is 33.9 Å². The van der Waals surface area contributed by atoms with Crippen LogP contribution in [0.1, 0.15) is 233 Å². The molecule has 0 atom stereocenters. The predicted octanol–water partition coefficient (Wildman–Crippen LogP) is 13.1. The summed E-state index contributed by atoms with van der Waals surface area (Å²) in [5.41, 5.74) is -1.39. The molecule has 0 aliphatic rings. The molecule has 1 N–H and O–H groups in total. The van der Waals surface area contributed by atoms with E-state index in [-0.39, 0.29) is 18.1 Å². The molecule has 44 heavy (non-hydrogen) atoms. The second kappa shape index (κ2) is 32.2. The minimum absolute atomic E-state index is 0.109. The minimum Gasteiger partial charge on any atom is -0.313 e. The molecule has 0 unspecified atom stereocenters. The van der Waals surface area contributed by atoms with E-state index in [1.54, 1.807) is 13.8 Å².